The van der Waals surface area contributed by atoms with Gasteiger partial charge < -0.3 is 29.8 Å². The van der Waals surface area contributed by atoms with Gasteiger partial charge in [0.15, 0.2) is 0 Å². The number of carbonyl (C=O) groups excluding carboxylic acids is 4. The average Bonchev–Trinajstić information content (AvgIpc) is 3.65. The Labute approximate surface area is 297 Å². The van der Waals surface area contributed by atoms with Gasteiger partial charge in [0, 0.05) is 54.3 Å². The largest absolute Gasteiger partial charge is 0.506 e. The molecule has 2 aliphatic heterocycles. The number of amides is 4. The quantitative estimate of drug-likeness (QED) is 0.0447. The third-order valence-corrected chi connectivity index (χ3v) is 9.19. The lowest BCUT2D eigenvalue weighted by molar-refractivity contribution is -0.137. The molecule has 0 bridgehead atoms. The maximum Gasteiger partial charge on any atom is 0.506 e. The zero-order chi connectivity index (χ0) is 36.8. The van der Waals surface area contributed by atoms with E-state index in [9.17, 15) is 28.8 Å². The fourth-order valence-electron chi connectivity index (χ4n) is 6.59. The van der Waals surface area contributed by atoms with Crippen molar-refractivity contribution in [1.82, 2.24) is 30.1 Å². The van der Waals surface area contributed by atoms with Crippen molar-refractivity contribution in [1.29, 1.82) is 0 Å². The van der Waals surface area contributed by atoms with Crippen molar-refractivity contribution >= 4 is 51.6 Å². The van der Waals surface area contributed by atoms with Gasteiger partial charge in [-0.15, -0.1) is 0 Å². The molecule has 52 heavy (non-hydrogen) atoms. The minimum Gasteiger partial charge on any atom is -0.450 e. The molecular weight excluding hydrogens is 672 g/mol. The van der Waals surface area contributed by atoms with Gasteiger partial charge in [-0.05, 0) is 68.0 Å². The second-order valence-corrected chi connectivity index (χ2v) is 12.6. The first-order chi connectivity index (χ1) is 25.1. The van der Waals surface area contributed by atoms with Gasteiger partial charge in [0.2, 0.25) is 11.8 Å². The highest BCUT2D eigenvalue weighted by Crippen LogP contribution is 2.38. The molecule has 0 atom stereocenters. The Bertz CT molecular complexity index is 2160. The van der Waals surface area contributed by atoms with Crippen LogP contribution >= 0.6 is 0 Å². The minimum atomic E-state index is -1.46. The third kappa shape index (κ3) is 7.84. The molecule has 15 heteroatoms. The molecular formula is C37H38N6O9. The van der Waals surface area contributed by atoms with E-state index < -0.39 is 12.1 Å². The molecule has 4 aromatic rings. The lowest BCUT2D eigenvalue weighted by atomic mass is 9.94. The maximum absolute atomic E-state index is 13.5. The van der Waals surface area contributed by atoms with Gasteiger partial charge in [0.1, 0.15) is 13.3 Å². The number of carboxylic acid groups (broad SMARTS) is 1. The van der Waals surface area contributed by atoms with Crippen LogP contribution in [0.3, 0.4) is 0 Å². The summed E-state index contributed by atoms with van der Waals surface area (Å²) in [5, 5.41) is 16.1. The van der Waals surface area contributed by atoms with E-state index in [1.165, 1.54) is 17.1 Å². The Morgan fingerprint density at radius 1 is 0.942 bits per heavy atom. The minimum absolute atomic E-state index is 0.0408. The van der Waals surface area contributed by atoms with Gasteiger partial charge in [-0.3, -0.25) is 33.9 Å². The van der Waals surface area contributed by atoms with Gasteiger partial charge >= 0.3 is 6.16 Å². The Morgan fingerprint density at radius 3 is 2.52 bits per heavy atom. The summed E-state index contributed by atoms with van der Waals surface area (Å²) in [4.78, 5) is 82.8. The average molecular weight is 711 g/mol. The van der Waals surface area contributed by atoms with Crippen LogP contribution in [0, 0.1) is 6.92 Å². The van der Waals surface area contributed by atoms with Crippen LogP contribution in [0.25, 0.3) is 33.2 Å². The van der Waals surface area contributed by atoms with Crippen molar-refractivity contribution < 1.29 is 38.6 Å². The number of hydrogen-bond acceptors (Lipinski definition) is 10. The third-order valence-electron chi connectivity index (χ3n) is 9.19. The summed E-state index contributed by atoms with van der Waals surface area (Å²) in [5.74, 6) is -1.30. The Balaban J connectivity index is 1.02. The van der Waals surface area contributed by atoms with Crippen molar-refractivity contribution in [2.75, 3.05) is 26.4 Å². The van der Waals surface area contributed by atoms with Gasteiger partial charge in [-0.1, -0.05) is 12.5 Å². The van der Waals surface area contributed by atoms with Crippen LogP contribution < -0.4 is 16.2 Å². The van der Waals surface area contributed by atoms with Gasteiger partial charge in [-0.2, -0.15) is 0 Å². The topological polar surface area (TPSA) is 199 Å². The number of ether oxygens (including phenoxy) is 2. The van der Waals surface area contributed by atoms with E-state index in [1.807, 2.05) is 30.3 Å². The Morgan fingerprint density at radius 2 is 1.73 bits per heavy atom. The molecule has 0 spiro atoms. The van der Waals surface area contributed by atoms with Crippen LogP contribution in [-0.2, 0) is 48.2 Å². The second-order valence-electron chi connectivity index (χ2n) is 12.6. The van der Waals surface area contributed by atoms with E-state index in [-0.39, 0.29) is 61.7 Å². The molecule has 3 N–H and O–H groups in total. The first-order valence-corrected chi connectivity index (χ1v) is 17.1. The molecule has 270 valence electrons. The number of aryl methyl sites for hydroxylation is 2. The zero-order valence-electron chi connectivity index (χ0n) is 28.6. The van der Waals surface area contributed by atoms with Crippen molar-refractivity contribution in [2.45, 2.75) is 58.6 Å². The van der Waals surface area contributed by atoms with E-state index in [0.29, 0.717) is 62.2 Å². The summed E-state index contributed by atoms with van der Waals surface area (Å²) in [7, 11) is 0. The summed E-state index contributed by atoms with van der Waals surface area (Å²) in [6, 6.07) is 9.54. The molecule has 15 nitrogen and oxygen atoms in total. The van der Waals surface area contributed by atoms with E-state index in [2.05, 4.69) is 15.6 Å². The predicted octanol–water partition coefficient (Wildman–Crippen LogP) is 3.10. The molecule has 2 aliphatic rings. The van der Waals surface area contributed by atoms with E-state index in [0.717, 1.165) is 32.9 Å². The first-order valence-electron chi connectivity index (χ1n) is 17.1. The summed E-state index contributed by atoms with van der Waals surface area (Å²) in [6.07, 6.45) is 5.97. The zero-order valence-corrected chi connectivity index (χ0v) is 28.6. The fourth-order valence-corrected chi connectivity index (χ4v) is 6.59. The molecule has 5 heterocycles. The number of nitrogens with one attached hydrogen (secondary N) is 2. The summed E-state index contributed by atoms with van der Waals surface area (Å²) < 4.78 is 12.1. The molecule has 0 unspecified atom stereocenters. The SMILES string of the molecule is Cc1cc2n(c(=O)c1COC(=O)O)Cc1c-2nc2ccc3ncccc3c2c1CCCOCNC(=O)CNC(=O)CCCCCN1C(=O)C=CC1=O. The van der Waals surface area contributed by atoms with E-state index in [1.54, 1.807) is 17.7 Å². The first kappa shape index (κ1) is 35.9. The number of unbranched alkanes of at least 4 members (excludes halogenated alkanes) is 2. The van der Waals surface area contributed by atoms with Crippen molar-refractivity contribution in [2.24, 2.45) is 0 Å². The van der Waals surface area contributed by atoms with Gasteiger partial charge in [-0.25, -0.2) is 9.78 Å². The van der Waals surface area contributed by atoms with Gasteiger partial charge in [0.05, 0.1) is 41.1 Å². The molecule has 0 saturated carbocycles. The number of benzene rings is 1. The molecule has 3 aromatic heterocycles. The smallest absolute Gasteiger partial charge is 0.450 e. The molecule has 0 saturated heterocycles. The predicted molar refractivity (Wildman–Crippen MR) is 188 cm³/mol. The monoisotopic (exact) mass is 710 g/mol. The normalized spacial score (nSPS) is 13.1. The van der Waals surface area contributed by atoms with Crippen LogP contribution in [0.5, 0.6) is 0 Å². The summed E-state index contributed by atoms with van der Waals surface area (Å²) in [5.41, 5.74) is 5.39. The molecule has 0 radical (unpaired) electrons. The van der Waals surface area contributed by atoms with Crippen LogP contribution in [0.4, 0.5) is 4.79 Å². The van der Waals surface area contributed by atoms with Crippen molar-refractivity contribution in [3.8, 4) is 11.4 Å². The number of imide groups is 1. The van der Waals surface area contributed by atoms with E-state index >= 15 is 0 Å². The summed E-state index contributed by atoms with van der Waals surface area (Å²) >= 11 is 0. The molecule has 6 rings (SSSR count). The van der Waals surface area contributed by atoms with E-state index in [4.69, 9.17) is 19.6 Å². The number of hydrogen-bond donors (Lipinski definition) is 3. The summed E-state index contributed by atoms with van der Waals surface area (Å²) in [6.45, 7) is 2.07. The Hall–Kier alpha value is -5.96. The fraction of sp³-hybridized carbons (Fsp3) is 0.351. The van der Waals surface area contributed by atoms with Crippen LogP contribution in [0.15, 0.2) is 53.5 Å². The standard InChI is InChI=1S/C37H38N6O9/c1-22-17-29-35-25(19-43(29)36(48)26(22)20-52-37(49)50)23(34-24-7-5-14-38-27(24)10-11-28(34)41-35)8-6-16-51-21-40-31(45)18-39-30(44)9-3-2-4-15-42-32(46)12-13-33(42)47/h5,7,10-14,17H,2-4,6,8-9,15-16,18-21H2,1H3,(H,39,44)(H,40,45)(H,49,50). The van der Waals surface area contributed by atoms with Crippen LogP contribution in [-0.4, -0.2) is 80.8 Å². The van der Waals surface area contributed by atoms with Gasteiger partial charge in [0.25, 0.3) is 17.4 Å². The highest BCUT2D eigenvalue weighted by atomic mass is 16.7. The van der Waals surface area contributed by atoms with Crippen LogP contribution in [0.2, 0.25) is 0 Å². The van der Waals surface area contributed by atoms with Crippen molar-refractivity contribution in [3.05, 3.63) is 81.3 Å². The number of aromatic nitrogens is 3. The van der Waals surface area contributed by atoms with Crippen LogP contribution in [0.1, 0.15) is 54.4 Å². The number of rotatable bonds is 16. The number of fused-ring (bicyclic) bond motifs is 6. The highest BCUT2D eigenvalue weighted by molar-refractivity contribution is 6.13. The molecule has 4 amide bonds. The van der Waals surface area contributed by atoms with Crippen molar-refractivity contribution in [3.63, 3.8) is 0 Å². The molecule has 0 aliphatic carbocycles. The molecule has 0 fully saturated rings. The second kappa shape index (κ2) is 15.9. The Kier molecular flexibility index (Phi) is 11.0. The number of carbonyl (C=O) groups is 5. The number of pyridine rings is 3. The lowest BCUT2D eigenvalue weighted by Gasteiger charge is -2.14. The number of nitrogens with zero attached hydrogens (tertiary/aromatic N) is 4. The maximum atomic E-state index is 13.5. The highest BCUT2D eigenvalue weighted by Gasteiger charge is 2.28. The molecule has 1 aromatic carbocycles. The lowest BCUT2D eigenvalue weighted by Crippen LogP contribution is -2.37.